The number of hydrogen-bond acceptors (Lipinski definition) is 9. The van der Waals surface area contributed by atoms with Gasteiger partial charge in [-0.1, -0.05) is 36.4 Å². The fraction of sp³-hybridized carbons (Fsp3) is 0.355. The van der Waals surface area contributed by atoms with Gasteiger partial charge in [0, 0.05) is 41.7 Å². The molecular weight excluding hydrogens is 615 g/mol. The van der Waals surface area contributed by atoms with Gasteiger partial charge >= 0.3 is 19.8 Å². The van der Waals surface area contributed by atoms with E-state index in [2.05, 4.69) is 25.6 Å². The fourth-order valence-electron chi connectivity index (χ4n) is 4.87. The first-order valence-electron chi connectivity index (χ1n) is 14.9. The largest absolute Gasteiger partial charge is 0.462 e. The molecule has 0 saturated carbocycles. The van der Waals surface area contributed by atoms with Crippen molar-refractivity contribution in [2.75, 3.05) is 19.8 Å². The van der Waals surface area contributed by atoms with Crippen LogP contribution in [0.2, 0.25) is 0 Å². The van der Waals surface area contributed by atoms with Crippen molar-refractivity contribution in [3.8, 4) is 5.75 Å². The summed E-state index contributed by atoms with van der Waals surface area (Å²) in [5, 5.41) is 13.5. The average molecular weight is 653 g/mol. The van der Waals surface area contributed by atoms with Crippen LogP contribution in [-0.4, -0.2) is 70.0 Å². The molecule has 14 nitrogen and oxygen atoms in total. The van der Waals surface area contributed by atoms with Gasteiger partial charge in [-0.25, -0.2) is 9.36 Å². The van der Waals surface area contributed by atoms with Crippen LogP contribution in [0.5, 0.6) is 5.75 Å². The number of aromatic nitrogens is 3. The summed E-state index contributed by atoms with van der Waals surface area (Å²) in [5.74, 6) is -0.488. The number of H-pyrrole nitrogens is 2. The molecule has 0 radical (unpaired) electrons. The Labute approximate surface area is 265 Å². The maximum atomic E-state index is 13.5. The van der Waals surface area contributed by atoms with Crippen molar-refractivity contribution in [1.82, 2.24) is 30.5 Å². The van der Waals surface area contributed by atoms with Gasteiger partial charge in [0.2, 0.25) is 0 Å². The molecule has 5 rings (SSSR count). The van der Waals surface area contributed by atoms with Gasteiger partial charge in [0.25, 0.3) is 5.91 Å². The predicted octanol–water partition coefficient (Wildman–Crippen LogP) is 4.45. The summed E-state index contributed by atoms with van der Waals surface area (Å²) >= 11 is 0. The highest BCUT2D eigenvalue weighted by Crippen LogP contribution is 2.44. The van der Waals surface area contributed by atoms with Gasteiger partial charge in [0.15, 0.2) is 0 Å². The molecule has 244 valence electrons. The van der Waals surface area contributed by atoms with Crippen LogP contribution in [-0.2, 0) is 42.9 Å². The van der Waals surface area contributed by atoms with Crippen LogP contribution >= 0.6 is 7.75 Å². The molecule has 0 fully saturated rings. The van der Waals surface area contributed by atoms with Crippen LogP contribution in [0.4, 0.5) is 4.79 Å². The molecule has 4 aromatic rings. The fourth-order valence-corrected chi connectivity index (χ4v) is 6.34. The van der Waals surface area contributed by atoms with Gasteiger partial charge < -0.3 is 29.2 Å². The van der Waals surface area contributed by atoms with Crippen LogP contribution < -0.4 is 14.9 Å². The molecule has 1 unspecified atom stereocenters. The summed E-state index contributed by atoms with van der Waals surface area (Å²) in [4.78, 5) is 42.9. The number of aromatic amines is 2. The number of nitrogens with zero attached hydrogens (tertiary/aromatic N) is 2. The molecule has 2 aromatic carbocycles. The molecule has 0 bridgehead atoms. The number of para-hydroxylation sites is 2. The van der Waals surface area contributed by atoms with Gasteiger partial charge in [-0.2, -0.15) is 10.2 Å². The summed E-state index contributed by atoms with van der Waals surface area (Å²) in [5.41, 5.74) is 3.74. The molecular formula is C31H37N6O8P. The zero-order valence-electron chi connectivity index (χ0n) is 25.8. The first-order chi connectivity index (χ1) is 22.1. The lowest BCUT2D eigenvalue weighted by Gasteiger charge is -2.26. The molecule has 1 aliphatic rings. The van der Waals surface area contributed by atoms with E-state index in [9.17, 15) is 18.9 Å². The quantitative estimate of drug-likeness (QED) is 0.0917. The van der Waals surface area contributed by atoms with Gasteiger partial charge in [0.1, 0.15) is 24.1 Å². The van der Waals surface area contributed by atoms with E-state index in [0.29, 0.717) is 30.9 Å². The normalized spacial score (nSPS) is 14.7. The molecule has 0 aliphatic carbocycles. The molecule has 4 N–H and O–H groups in total. The third-order valence-electron chi connectivity index (χ3n) is 7.07. The standard InChI is InChI=1S/C31H37N6O8P/c1-20(2)44-30(39)21(3)36-46(41,45-23-10-5-4-6-11-23)43-16-15-42-31(40)32-18-28-24-19-37(14-13-26(24)34-35-28)29(38)27-17-22-9-7-8-12-25(22)33-27/h4-12,17,20-21,33H,13-16,18-19H2,1-3H3,(H,32,40)(H,34,35)(H,36,41)/t21-,46?/m0/s1. The highest BCUT2D eigenvalue weighted by atomic mass is 31.2. The van der Waals surface area contributed by atoms with Gasteiger partial charge in [-0.3, -0.25) is 19.2 Å². The number of nitrogens with one attached hydrogen (secondary N) is 4. The van der Waals surface area contributed by atoms with Crippen molar-refractivity contribution < 1.29 is 37.5 Å². The number of amides is 2. The smallest absolute Gasteiger partial charge is 0.459 e. The van der Waals surface area contributed by atoms with Crippen molar-refractivity contribution in [3.05, 3.63) is 83.3 Å². The third-order valence-corrected chi connectivity index (χ3v) is 8.75. The van der Waals surface area contributed by atoms with Gasteiger partial charge in [0.05, 0.1) is 24.9 Å². The second kappa shape index (κ2) is 14.6. The third kappa shape index (κ3) is 8.33. The molecule has 46 heavy (non-hydrogen) atoms. The molecule has 0 saturated heterocycles. The number of fused-ring (bicyclic) bond motifs is 2. The van der Waals surface area contributed by atoms with E-state index in [1.54, 1.807) is 49.1 Å². The molecule has 2 aromatic heterocycles. The second-order valence-corrected chi connectivity index (χ2v) is 12.6. The van der Waals surface area contributed by atoms with Crippen molar-refractivity contribution in [1.29, 1.82) is 0 Å². The first-order valence-corrected chi connectivity index (χ1v) is 16.4. The van der Waals surface area contributed by atoms with E-state index in [4.69, 9.17) is 18.5 Å². The number of hydrogen-bond donors (Lipinski definition) is 4. The number of rotatable bonds is 13. The van der Waals surface area contributed by atoms with Crippen LogP contribution in [0.3, 0.4) is 0 Å². The van der Waals surface area contributed by atoms with Crippen molar-refractivity contribution in [2.24, 2.45) is 0 Å². The zero-order valence-corrected chi connectivity index (χ0v) is 26.7. The highest BCUT2D eigenvalue weighted by molar-refractivity contribution is 7.52. The summed E-state index contributed by atoms with van der Waals surface area (Å²) < 4.78 is 34.9. The molecule has 3 heterocycles. The van der Waals surface area contributed by atoms with Gasteiger partial charge in [-0.05, 0) is 45.0 Å². The summed E-state index contributed by atoms with van der Waals surface area (Å²) in [7, 11) is -4.08. The average Bonchev–Trinajstić information content (AvgIpc) is 3.66. The van der Waals surface area contributed by atoms with Crippen molar-refractivity contribution in [3.63, 3.8) is 0 Å². The summed E-state index contributed by atoms with van der Waals surface area (Å²) in [6.45, 7) is 5.26. The highest BCUT2D eigenvalue weighted by Gasteiger charge is 2.33. The van der Waals surface area contributed by atoms with Gasteiger partial charge in [-0.15, -0.1) is 0 Å². The Morgan fingerprint density at radius 1 is 1.04 bits per heavy atom. The second-order valence-electron chi connectivity index (χ2n) is 10.9. The minimum atomic E-state index is -4.08. The number of ether oxygens (including phenoxy) is 2. The topological polar surface area (TPSA) is 177 Å². The van der Waals surface area contributed by atoms with Crippen LogP contribution in [0.25, 0.3) is 10.9 Å². The van der Waals surface area contributed by atoms with E-state index in [-0.39, 0.29) is 37.5 Å². The number of carbonyl (C=O) groups excluding carboxylic acids is 3. The molecule has 1 aliphatic heterocycles. The molecule has 0 spiro atoms. The monoisotopic (exact) mass is 652 g/mol. The number of esters is 1. The number of alkyl carbamates (subject to hydrolysis) is 1. The lowest BCUT2D eigenvalue weighted by molar-refractivity contribution is -0.149. The summed E-state index contributed by atoms with van der Waals surface area (Å²) in [6.07, 6.45) is -0.510. The SMILES string of the molecule is CC(C)OC(=O)[C@H](C)NP(=O)(OCCOC(=O)NCc1n[nH]c2c1CN(C(=O)c1cc3ccccc3[nH]1)CC2)Oc1ccccc1. The molecule has 2 amide bonds. The Hall–Kier alpha value is -4.65. The number of carbonyl (C=O) groups is 3. The van der Waals surface area contributed by atoms with E-state index >= 15 is 0 Å². The van der Waals surface area contributed by atoms with E-state index in [1.165, 1.54) is 6.92 Å². The molecule has 15 heteroatoms. The Bertz CT molecular complexity index is 1690. The van der Waals surface area contributed by atoms with Crippen molar-refractivity contribution in [2.45, 2.75) is 52.4 Å². The van der Waals surface area contributed by atoms with E-state index in [1.807, 2.05) is 30.3 Å². The van der Waals surface area contributed by atoms with Crippen molar-refractivity contribution >= 4 is 36.6 Å². The number of benzene rings is 2. The maximum Gasteiger partial charge on any atom is 0.459 e. The maximum absolute atomic E-state index is 13.5. The lowest BCUT2D eigenvalue weighted by atomic mass is 10.0. The lowest BCUT2D eigenvalue weighted by Crippen LogP contribution is -2.36. The minimum absolute atomic E-state index is 0.0621. The Morgan fingerprint density at radius 3 is 2.57 bits per heavy atom. The Morgan fingerprint density at radius 2 is 1.80 bits per heavy atom. The van der Waals surface area contributed by atoms with Crippen LogP contribution in [0, 0.1) is 0 Å². The Balaban J connectivity index is 1.11. The summed E-state index contributed by atoms with van der Waals surface area (Å²) in [6, 6.07) is 16.9. The zero-order chi connectivity index (χ0) is 32.7. The predicted molar refractivity (Wildman–Crippen MR) is 168 cm³/mol. The minimum Gasteiger partial charge on any atom is -0.462 e. The Kier molecular flexibility index (Phi) is 10.4. The van der Waals surface area contributed by atoms with E-state index in [0.717, 1.165) is 22.2 Å². The van der Waals surface area contributed by atoms with Crippen LogP contribution in [0.1, 0.15) is 48.2 Å². The molecule has 2 atom stereocenters. The van der Waals surface area contributed by atoms with Crippen LogP contribution in [0.15, 0.2) is 60.7 Å². The van der Waals surface area contributed by atoms with E-state index < -0.39 is 25.9 Å². The first kappa shape index (κ1) is 32.7.